The minimum absolute atomic E-state index is 0.229. The average Bonchev–Trinajstić information content (AvgIpc) is 2.86. The Balaban J connectivity index is 1.98. The van der Waals surface area contributed by atoms with Crippen molar-refractivity contribution in [3.63, 3.8) is 0 Å². The third kappa shape index (κ3) is 2.08. The van der Waals surface area contributed by atoms with Gasteiger partial charge in [0.2, 0.25) is 0 Å². The molecule has 2 nitrogen and oxygen atoms in total. The maximum absolute atomic E-state index is 13.7. The maximum atomic E-state index is 13.7. The van der Waals surface area contributed by atoms with E-state index in [0.29, 0.717) is 18.2 Å². The zero-order valence-electron chi connectivity index (χ0n) is 10.5. The molecule has 0 saturated heterocycles. The third-order valence-corrected chi connectivity index (χ3v) is 3.74. The molecule has 0 saturated carbocycles. The molecule has 1 aliphatic carbocycles. The lowest BCUT2D eigenvalue weighted by Gasteiger charge is -2.19. The van der Waals surface area contributed by atoms with Gasteiger partial charge in [0.05, 0.1) is 6.10 Å². The van der Waals surface area contributed by atoms with Crippen LogP contribution >= 0.6 is 0 Å². The van der Waals surface area contributed by atoms with Gasteiger partial charge in [-0.05, 0) is 30.5 Å². The van der Waals surface area contributed by atoms with Crippen molar-refractivity contribution in [2.45, 2.75) is 24.9 Å². The van der Waals surface area contributed by atoms with E-state index in [1.165, 1.54) is 0 Å². The molecule has 0 amide bonds. The molecule has 1 heterocycles. The first kappa shape index (κ1) is 13.1. The van der Waals surface area contributed by atoms with Crippen LogP contribution in [0.2, 0.25) is 0 Å². The summed E-state index contributed by atoms with van der Waals surface area (Å²) in [5.41, 5.74) is 1.47. The van der Waals surface area contributed by atoms with Crippen LogP contribution in [0.3, 0.4) is 0 Å². The molecular weight excluding hydrogens is 267 g/mol. The molecule has 1 aromatic carbocycles. The van der Waals surface area contributed by atoms with Gasteiger partial charge < -0.3 is 5.11 Å². The predicted octanol–water partition coefficient (Wildman–Crippen LogP) is 3.26. The van der Waals surface area contributed by atoms with Crippen LogP contribution in [0.25, 0.3) is 0 Å². The van der Waals surface area contributed by atoms with E-state index in [0.717, 1.165) is 18.1 Å². The molecule has 0 bridgehead atoms. The van der Waals surface area contributed by atoms with Crippen LogP contribution in [-0.4, -0.2) is 10.1 Å². The van der Waals surface area contributed by atoms with E-state index in [9.17, 15) is 18.3 Å². The van der Waals surface area contributed by atoms with Crippen LogP contribution < -0.4 is 0 Å². The monoisotopic (exact) mass is 279 g/mol. The molecule has 5 heteroatoms. The molecule has 2 atom stereocenters. The summed E-state index contributed by atoms with van der Waals surface area (Å²) in [6.45, 7) is 0. The number of hydrogen-bond donors (Lipinski definition) is 1. The Morgan fingerprint density at radius 3 is 2.70 bits per heavy atom. The lowest BCUT2D eigenvalue weighted by atomic mass is 9.93. The molecule has 1 aromatic heterocycles. The van der Waals surface area contributed by atoms with Crippen molar-refractivity contribution in [2.24, 2.45) is 0 Å². The molecule has 2 aromatic rings. The normalized spacial score (nSPS) is 18.9. The number of rotatable bonds is 2. The van der Waals surface area contributed by atoms with Crippen molar-refractivity contribution in [1.29, 1.82) is 0 Å². The first-order valence-corrected chi connectivity index (χ1v) is 6.34. The molecule has 0 spiro atoms. The first-order chi connectivity index (χ1) is 9.58. The van der Waals surface area contributed by atoms with Crippen LogP contribution in [-0.2, 0) is 6.42 Å². The van der Waals surface area contributed by atoms with Gasteiger partial charge in [-0.2, -0.15) is 0 Å². The van der Waals surface area contributed by atoms with Crippen molar-refractivity contribution >= 4 is 0 Å². The molecule has 1 aliphatic rings. The highest BCUT2D eigenvalue weighted by molar-refractivity contribution is 5.33. The van der Waals surface area contributed by atoms with Crippen molar-refractivity contribution in [2.75, 3.05) is 0 Å². The number of aryl methyl sites for hydroxylation is 1. The van der Waals surface area contributed by atoms with Crippen LogP contribution in [0.15, 0.2) is 30.5 Å². The minimum Gasteiger partial charge on any atom is -0.388 e. The summed E-state index contributed by atoms with van der Waals surface area (Å²) in [4.78, 5) is 4.21. The Labute approximate surface area is 113 Å². The molecule has 0 fully saturated rings. The molecule has 20 heavy (non-hydrogen) atoms. The van der Waals surface area contributed by atoms with E-state index in [1.807, 2.05) is 6.07 Å². The van der Waals surface area contributed by atoms with Crippen LogP contribution in [0.4, 0.5) is 13.2 Å². The summed E-state index contributed by atoms with van der Waals surface area (Å²) in [6, 6.07) is 4.88. The topological polar surface area (TPSA) is 33.1 Å². The van der Waals surface area contributed by atoms with Gasteiger partial charge in [0.15, 0.2) is 11.6 Å². The van der Waals surface area contributed by atoms with Gasteiger partial charge >= 0.3 is 0 Å². The van der Waals surface area contributed by atoms with Crippen molar-refractivity contribution in [3.05, 3.63) is 64.7 Å². The van der Waals surface area contributed by atoms with Gasteiger partial charge in [-0.25, -0.2) is 13.2 Å². The summed E-state index contributed by atoms with van der Waals surface area (Å²) in [6.07, 6.45) is 1.70. The van der Waals surface area contributed by atoms with E-state index in [-0.39, 0.29) is 5.56 Å². The number of aromatic nitrogens is 1. The lowest BCUT2D eigenvalue weighted by molar-refractivity contribution is 0.138. The number of halogens is 3. The smallest absolute Gasteiger partial charge is 0.161 e. The highest BCUT2D eigenvalue weighted by Gasteiger charge is 2.32. The molecular formula is C15H12F3NO. The summed E-state index contributed by atoms with van der Waals surface area (Å²) < 4.78 is 39.9. The minimum atomic E-state index is -1.26. The van der Waals surface area contributed by atoms with Gasteiger partial charge in [0.25, 0.3) is 0 Å². The molecule has 1 N–H and O–H groups in total. The molecule has 2 unspecified atom stereocenters. The van der Waals surface area contributed by atoms with Gasteiger partial charge in [0.1, 0.15) is 5.82 Å². The van der Waals surface area contributed by atoms with E-state index in [1.54, 1.807) is 12.3 Å². The van der Waals surface area contributed by atoms with Crippen LogP contribution in [0.1, 0.15) is 35.3 Å². The zero-order chi connectivity index (χ0) is 14.3. The average molecular weight is 279 g/mol. The van der Waals surface area contributed by atoms with E-state index in [2.05, 4.69) is 4.98 Å². The van der Waals surface area contributed by atoms with E-state index >= 15 is 0 Å². The highest BCUT2D eigenvalue weighted by Crippen LogP contribution is 2.41. The number of nitrogens with zero attached hydrogens (tertiary/aromatic N) is 1. The third-order valence-electron chi connectivity index (χ3n) is 3.74. The Bertz CT molecular complexity index is 660. The number of aliphatic hydroxyl groups excluding tert-OH is 1. The quantitative estimate of drug-likeness (QED) is 0.856. The van der Waals surface area contributed by atoms with Gasteiger partial charge in [0, 0.05) is 29.4 Å². The van der Waals surface area contributed by atoms with Crippen molar-refractivity contribution in [1.82, 2.24) is 4.98 Å². The molecule has 0 aliphatic heterocycles. The molecule has 3 rings (SSSR count). The number of aliphatic hydroxyl groups is 1. The summed E-state index contributed by atoms with van der Waals surface area (Å²) in [5.74, 6) is -3.77. The second kappa shape index (κ2) is 4.90. The van der Waals surface area contributed by atoms with Crippen molar-refractivity contribution in [3.8, 4) is 0 Å². The number of fused-ring (bicyclic) bond motifs is 1. The fraction of sp³-hybridized carbons (Fsp3) is 0.267. The largest absolute Gasteiger partial charge is 0.388 e. The van der Waals surface area contributed by atoms with Gasteiger partial charge in [-0.15, -0.1) is 0 Å². The Morgan fingerprint density at radius 1 is 1.15 bits per heavy atom. The summed E-state index contributed by atoms with van der Waals surface area (Å²) >= 11 is 0. The summed E-state index contributed by atoms with van der Waals surface area (Å²) in [7, 11) is 0. The predicted molar refractivity (Wildman–Crippen MR) is 66.6 cm³/mol. The number of hydrogen-bond acceptors (Lipinski definition) is 2. The fourth-order valence-corrected chi connectivity index (χ4v) is 2.73. The first-order valence-electron chi connectivity index (χ1n) is 6.34. The van der Waals surface area contributed by atoms with E-state index < -0.39 is 29.5 Å². The Morgan fingerprint density at radius 2 is 1.90 bits per heavy atom. The second-order valence-electron chi connectivity index (χ2n) is 4.93. The Kier molecular flexibility index (Phi) is 3.22. The molecule has 0 radical (unpaired) electrons. The molecule has 104 valence electrons. The van der Waals surface area contributed by atoms with E-state index in [4.69, 9.17) is 0 Å². The van der Waals surface area contributed by atoms with Crippen LogP contribution in [0.5, 0.6) is 0 Å². The maximum Gasteiger partial charge on any atom is 0.161 e. The Hall–Kier alpha value is -1.88. The highest BCUT2D eigenvalue weighted by atomic mass is 19.2. The second-order valence-corrected chi connectivity index (χ2v) is 4.93. The SMILES string of the molecule is OC(c1cc(F)c(F)cc1F)C1CCc2cccnc21. The number of benzene rings is 1. The lowest BCUT2D eigenvalue weighted by Crippen LogP contribution is -2.12. The van der Waals surface area contributed by atoms with Crippen molar-refractivity contribution < 1.29 is 18.3 Å². The standard InChI is InChI=1S/C15H12F3NO/c16-11-7-13(18)12(17)6-10(11)15(20)9-4-3-8-2-1-5-19-14(8)9/h1-2,5-7,9,15,20H,3-4H2. The number of pyridine rings is 1. The zero-order valence-corrected chi connectivity index (χ0v) is 10.5. The fourth-order valence-electron chi connectivity index (χ4n) is 2.73. The summed E-state index contributed by atoms with van der Waals surface area (Å²) in [5, 5.41) is 10.3. The van der Waals surface area contributed by atoms with Gasteiger partial charge in [-0.3, -0.25) is 4.98 Å². The van der Waals surface area contributed by atoms with Crippen LogP contribution in [0, 0.1) is 17.5 Å². The van der Waals surface area contributed by atoms with Gasteiger partial charge in [-0.1, -0.05) is 6.07 Å².